The van der Waals surface area contributed by atoms with Crippen molar-refractivity contribution in [3.63, 3.8) is 0 Å². The van der Waals surface area contributed by atoms with Crippen molar-refractivity contribution in [2.24, 2.45) is 11.0 Å². The Balaban J connectivity index is 2.15. The summed E-state index contributed by atoms with van der Waals surface area (Å²) in [6.07, 6.45) is 2.70. The van der Waals surface area contributed by atoms with E-state index in [0.717, 1.165) is 18.6 Å². The smallest absolute Gasteiger partial charge is 0.240 e. The van der Waals surface area contributed by atoms with Crippen LogP contribution < -0.4 is 5.43 Å². The summed E-state index contributed by atoms with van der Waals surface area (Å²) in [5.41, 5.74) is 8.96. The Morgan fingerprint density at radius 2 is 2.18 bits per heavy atom. The van der Waals surface area contributed by atoms with E-state index in [0.29, 0.717) is 12.3 Å². The second kappa shape index (κ2) is 3.69. The van der Waals surface area contributed by atoms with Crippen LogP contribution in [0.3, 0.4) is 0 Å². The van der Waals surface area contributed by atoms with Gasteiger partial charge < -0.3 is 0 Å². The van der Waals surface area contributed by atoms with Crippen LogP contribution in [-0.2, 0) is 11.2 Å². The number of carbonyl (C=O) groups is 1. The Labute approximate surface area is 101 Å². The van der Waals surface area contributed by atoms with Gasteiger partial charge in [-0.15, -0.1) is 0 Å². The maximum absolute atomic E-state index is 11.3. The number of hydrogen-bond acceptors (Lipinski definition) is 2. The molecule has 3 rings (SSSR count). The molecule has 0 fully saturated rings. The second-order valence-corrected chi connectivity index (χ2v) is 5.08. The summed E-state index contributed by atoms with van der Waals surface area (Å²) in [4.78, 5) is 11.3. The molecule has 1 unspecified atom stereocenters. The lowest BCUT2D eigenvalue weighted by molar-refractivity contribution is -0.122. The van der Waals surface area contributed by atoms with Gasteiger partial charge in [0, 0.05) is 17.9 Å². The molecule has 88 valence electrons. The topological polar surface area (TPSA) is 41.5 Å². The van der Waals surface area contributed by atoms with Gasteiger partial charge in [-0.1, -0.05) is 11.6 Å². The molecule has 1 heterocycles. The summed E-state index contributed by atoms with van der Waals surface area (Å²) in [7, 11) is 0. The molecule has 17 heavy (non-hydrogen) atoms. The lowest BCUT2D eigenvalue weighted by atomic mass is 9.78. The van der Waals surface area contributed by atoms with Crippen molar-refractivity contribution in [3.05, 3.63) is 34.4 Å². The summed E-state index contributed by atoms with van der Waals surface area (Å²) >= 11 is 0. The average Bonchev–Trinajstić information content (AvgIpc) is 2.27. The molecule has 3 nitrogen and oxygen atoms in total. The molecule has 0 saturated carbocycles. The van der Waals surface area contributed by atoms with Gasteiger partial charge in [0.1, 0.15) is 0 Å². The molecule has 0 spiro atoms. The summed E-state index contributed by atoms with van der Waals surface area (Å²) in [6.45, 7) is 4.27. The predicted molar refractivity (Wildman–Crippen MR) is 67.0 cm³/mol. The third kappa shape index (κ3) is 1.66. The minimum Gasteiger partial charge on any atom is -0.273 e. The Bertz CT molecular complexity index is 531. The standard InChI is InChI=1S/C14H16N2O/c1-8-5-9(2)11-4-3-10-7-13(17)15-16-14(10)12(11)6-8/h5-6,10H,3-4,7H2,1-2H3,(H,15,17). The molecule has 0 aromatic heterocycles. The van der Waals surface area contributed by atoms with Crippen LogP contribution in [0.4, 0.5) is 0 Å². The maximum atomic E-state index is 11.3. The van der Waals surface area contributed by atoms with Crippen LogP contribution in [0.1, 0.15) is 35.1 Å². The van der Waals surface area contributed by atoms with Crippen LogP contribution in [0, 0.1) is 19.8 Å². The van der Waals surface area contributed by atoms with Crippen LogP contribution in [0.2, 0.25) is 0 Å². The Hall–Kier alpha value is -1.64. The van der Waals surface area contributed by atoms with Gasteiger partial charge in [0.25, 0.3) is 0 Å². The zero-order chi connectivity index (χ0) is 12.0. The minimum absolute atomic E-state index is 0.0478. The highest BCUT2D eigenvalue weighted by Crippen LogP contribution is 2.32. The first kappa shape index (κ1) is 10.5. The molecule has 2 aliphatic rings. The quantitative estimate of drug-likeness (QED) is 0.725. The monoisotopic (exact) mass is 228 g/mol. The number of fused-ring (bicyclic) bond motifs is 3. The summed E-state index contributed by atoms with van der Waals surface area (Å²) in [5.74, 6) is 0.365. The number of carbonyl (C=O) groups excluding carboxylic acids is 1. The van der Waals surface area contributed by atoms with Crippen molar-refractivity contribution in [2.75, 3.05) is 0 Å². The number of benzene rings is 1. The summed E-state index contributed by atoms with van der Waals surface area (Å²) in [5, 5.41) is 4.27. The zero-order valence-electron chi connectivity index (χ0n) is 10.2. The van der Waals surface area contributed by atoms with Gasteiger partial charge >= 0.3 is 0 Å². The van der Waals surface area contributed by atoms with Gasteiger partial charge in [0.15, 0.2) is 0 Å². The summed E-state index contributed by atoms with van der Waals surface area (Å²) in [6, 6.07) is 4.42. The molecule has 1 N–H and O–H groups in total. The summed E-state index contributed by atoms with van der Waals surface area (Å²) < 4.78 is 0. The van der Waals surface area contributed by atoms with E-state index in [9.17, 15) is 4.79 Å². The van der Waals surface area contributed by atoms with E-state index in [1.54, 1.807) is 0 Å². The molecular formula is C14H16N2O. The fourth-order valence-corrected chi connectivity index (χ4v) is 2.98. The van der Waals surface area contributed by atoms with E-state index in [4.69, 9.17) is 0 Å². The van der Waals surface area contributed by atoms with Gasteiger partial charge in [-0.05, 0) is 43.9 Å². The lowest BCUT2D eigenvalue weighted by Gasteiger charge is -2.30. The van der Waals surface area contributed by atoms with Crippen LogP contribution in [0.25, 0.3) is 0 Å². The van der Waals surface area contributed by atoms with Crippen LogP contribution in [0.15, 0.2) is 17.2 Å². The number of hydrazone groups is 1. The molecule has 0 bridgehead atoms. The number of hydrogen-bond donors (Lipinski definition) is 1. The van der Waals surface area contributed by atoms with Gasteiger partial charge in [0.05, 0.1) is 5.71 Å². The van der Waals surface area contributed by atoms with Gasteiger partial charge in [-0.25, -0.2) is 5.43 Å². The molecule has 1 aliphatic carbocycles. The third-order valence-electron chi connectivity index (χ3n) is 3.76. The highest BCUT2D eigenvalue weighted by atomic mass is 16.2. The molecule has 1 amide bonds. The van der Waals surface area contributed by atoms with E-state index in [2.05, 4.69) is 36.5 Å². The van der Waals surface area contributed by atoms with E-state index in [-0.39, 0.29) is 5.91 Å². The lowest BCUT2D eigenvalue weighted by Crippen LogP contribution is -2.36. The number of nitrogens with zero attached hydrogens (tertiary/aromatic N) is 1. The van der Waals surface area contributed by atoms with Gasteiger partial charge in [-0.2, -0.15) is 5.10 Å². The Morgan fingerprint density at radius 3 is 3.00 bits per heavy atom. The van der Waals surface area contributed by atoms with Crippen molar-refractivity contribution < 1.29 is 4.79 Å². The van der Waals surface area contributed by atoms with Crippen molar-refractivity contribution in [1.29, 1.82) is 0 Å². The highest BCUT2D eigenvalue weighted by Gasteiger charge is 2.31. The highest BCUT2D eigenvalue weighted by molar-refractivity contribution is 6.08. The van der Waals surface area contributed by atoms with Gasteiger partial charge in [0.2, 0.25) is 5.91 Å². The Morgan fingerprint density at radius 1 is 1.35 bits per heavy atom. The number of amides is 1. The number of aryl methyl sites for hydroxylation is 2. The van der Waals surface area contributed by atoms with Crippen LogP contribution >= 0.6 is 0 Å². The minimum atomic E-state index is 0.0478. The molecule has 3 heteroatoms. The van der Waals surface area contributed by atoms with Crippen LogP contribution in [-0.4, -0.2) is 11.6 Å². The van der Waals surface area contributed by atoms with E-state index < -0.39 is 0 Å². The molecule has 0 saturated heterocycles. The second-order valence-electron chi connectivity index (χ2n) is 5.08. The molecule has 1 aromatic rings. The van der Waals surface area contributed by atoms with Crippen molar-refractivity contribution in [3.8, 4) is 0 Å². The molecule has 1 atom stereocenters. The maximum Gasteiger partial charge on any atom is 0.240 e. The Kier molecular flexibility index (Phi) is 2.28. The van der Waals surface area contributed by atoms with Gasteiger partial charge in [-0.3, -0.25) is 4.79 Å². The first-order valence-electron chi connectivity index (χ1n) is 6.12. The SMILES string of the molecule is Cc1cc(C)c2c(c1)C1=NNC(=O)CC1CC2. The average molecular weight is 228 g/mol. The third-order valence-corrected chi connectivity index (χ3v) is 3.76. The number of rotatable bonds is 0. The van der Waals surface area contributed by atoms with Crippen molar-refractivity contribution >= 4 is 11.6 Å². The normalized spacial score (nSPS) is 22.4. The van der Waals surface area contributed by atoms with Crippen LogP contribution in [0.5, 0.6) is 0 Å². The predicted octanol–water partition coefficient (Wildman–Crippen LogP) is 2.09. The zero-order valence-corrected chi connectivity index (χ0v) is 10.2. The molecule has 1 aromatic carbocycles. The first-order chi connectivity index (χ1) is 8.15. The number of nitrogens with one attached hydrogen (secondary N) is 1. The van der Waals surface area contributed by atoms with E-state index >= 15 is 0 Å². The first-order valence-corrected chi connectivity index (χ1v) is 6.12. The van der Waals surface area contributed by atoms with E-state index in [1.807, 2.05) is 0 Å². The molecule has 0 radical (unpaired) electrons. The van der Waals surface area contributed by atoms with E-state index in [1.165, 1.54) is 22.3 Å². The fraction of sp³-hybridized carbons (Fsp3) is 0.429. The van der Waals surface area contributed by atoms with Crippen molar-refractivity contribution in [1.82, 2.24) is 5.43 Å². The fourth-order valence-electron chi connectivity index (χ4n) is 2.98. The molecule has 1 aliphatic heterocycles. The largest absolute Gasteiger partial charge is 0.273 e. The molecular weight excluding hydrogens is 212 g/mol. The van der Waals surface area contributed by atoms with Crippen molar-refractivity contribution in [2.45, 2.75) is 33.1 Å².